The Morgan fingerprint density at radius 2 is 2.25 bits per heavy atom. The first-order chi connectivity index (χ1) is 5.79. The summed E-state index contributed by atoms with van der Waals surface area (Å²) in [6.07, 6.45) is 3.95. The quantitative estimate of drug-likeness (QED) is 0.628. The minimum Gasteiger partial charge on any atom is -0.0608 e. The van der Waals surface area contributed by atoms with Crippen molar-refractivity contribution in [1.29, 1.82) is 0 Å². The third-order valence-electron chi connectivity index (χ3n) is 2.75. The van der Waals surface area contributed by atoms with Crippen molar-refractivity contribution < 1.29 is 0 Å². The van der Waals surface area contributed by atoms with Gasteiger partial charge in [-0.15, -0.1) is 0 Å². The van der Waals surface area contributed by atoms with Crippen LogP contribution >= 0.6 is 15.9 Å². The summed E-state index contributed by atoms with van der Waals surface area (Å²) < 4.78 is 1.30. The first-order valence-electron chi connectivity index (χ1n) is 4.56. The predicted molar refractivity (Wildman–Crippen MR) is 55.5 cm³/mol. The van der Waals surface area contributed by atoms with Crippen molar-refractivity contribution in [3.63, 3.8) is 0 Å². The Labute approximate surface area is 82.1 Å². The lowest BCUT2D eigenvalue weighted by Gasteiger charge is -2.22. The minimum atomic E-state index is 0.756. The summed E-state index contributed by atoms with van der Waals surface area (Å²) >= 11 is 3.61. The number of halogens is 1. The molecule has 1 aromatic rings. The molecule has 0 unspecified atom stereocenters. The Kier molecular flexibility index (Phi) is 2.22. The Balaban J connectivity index is 2.52. The predicted octanol–water partition coefficient (Wildman–Crippen LogP) is 3.89. The van der Waals surface area contributed by atoms with Crippen molar-refractivity contribution in [3.8, 4) is 0 Å². The van der Waals surface area contributed by atoms with Crippen LogP contribution in [0.15, 0.2) is 22.7 Å². The molecule has 0 aliphatic heterocycles. The summed E-state index contributed by atoms with van der Waals surface area (Å²) in [6, 6.07) is 6.56. The number of fused-ring (bicyclic) bond motifs is 1. The summed E-state index contributed by atoms with van der Waals surface area (Å²) in [6.45, 7) is 2.32. The van der Waals surface area contributed by atoms with Gasteiger partial charge in [-0.05, 0) is 42.4 Å². The molecular formula is C11H13Br. The van der Waals surface area contributed by atoms with E-state index in [4.69, 9.17) is 0 Å². The van der Waals surface area contributed by atoms with Crippen LogP contribution < -0.4 is 0 Å². The van der Waals surface area contributed by atoms with Gasteiger partial charge in [0.05, 0.1) is 0 Å². The zero-order valence-electron chi connectivity index (χ0n) is 7.31. The molecule has 0 N–H and O–H groups in total. The molecule has 1 heteroatoms. The molecule has 0 nitrogen and oxygen atoms in total. The van der Waals surface area contributed by atoms with E-state index in [0.29, 0.717) is 0 Å². The molecule has 0 aromatic heterocycles. The smallest absolute Gasteiger partial charge is 0.0210 e. The third-order valence-corrected chi connectivity index (χ3v) is 3.49. The first-order valence-corrected chi connectivity index (χ1v) is 5.35. The van der Waals surface area contributed by atoms with Crippen molar-refractivity contribution >= 4 is 15.9 Å². The van der Waals surface area contributed by atoms with Crippen molar-refractivity contribution in [1.82, 2.24) is 0 Å². The topological polar surface area (TPSA) is 0 Å². The summed E-state index contributed by atoms with van der Waals surface area (Å²) in [5.41, 5.74) is 3.09. The highest BCUT2D eigenvalue weighted by atomic mass is 79.9. The van der Waals surface area contributed by atoms with E-state index in [0.717, 1.165) is 5.92 Å². The molecular weight excluding hydrogens is 212 g/mol. The van der Waals surface area contributed by atoms with E-state index >= 15 is 0 Å². The van der Waals surface area contributed by atoms with Crippen LogP contribution in [0.5, 0.6) is 0 Å². The second kappa shape index (κ2) is 3.21. The Morgan fingerprint density at radius 3 is 3.00 bits per heavy atom. The molecule has 1 atom stereocenters. The lowest BCUT2D eigenvalue weighted by atomic mass is 9.84. The monoisotopic (exact) mass is 224 g/mol. The highest BCUT2D eigenvalue weighted by molar-refractivity contribution is 9.10. The normalized spacial score (nSPS) is 22.0. The highest BCUT2D eigenvalue weighted by Crippen LogP contribution is 2.34. The summed E-state index contributed by atoms with van der Waals surface area (Å²) in [7, 11) is 0. The van der Waals surface area contributed by atoms with Gasteiger partial charge in [0.25, 0.3) is 0 Å². The summed E-state index contributed by atoms with van der Waals surface area (Å²) in [5.74, 6) is 0.756. The van der Waals surface area contributed by atoms with E-state index in [1.807, 2.05) is 0 Å². The maximum atomic E-state index is 3.61. The van der Waals surface area contributed by atoms with Crippen molar-refractivity contribution in [2.45, 2.75) is 32.1 Å². The molecule has 0 spiro atoms. The SMILES string of the molecule is C[C@@H]1CCCc2c(Br)cccc21. The van der Waals surface area contributed by atoms with Crippen molar-refractivity contribution in [2.75, 3.05) is 0 Å². The molecule has 0 heterocycles. The molecule has 1 aliphatic carbocycles. The molecule has 1 aliphatic rings. The van der Waals surface area contributed by atoms with E-state index in [1.54, 1.807) is 5.56 Å². The van der Waals surface area contributed by atoms with Gasteiger partial charge in [0.2, 0.25) is 0 Å². The van der Waals surface area contributed by atoms with Gasteiger partial charge in [0.1, 0.15) is 0 Å². The molecule has 1 aromatic carbocycles. The van der Waals surface area contributed by atoms with Gasteiger partial charge in [-0.1, -0.05) is 35.0 Å². The van der Waals surface area contributed by atoms with Crippen LogP contribution in [0, 0.1) is 0 Å². The van der Waals surface area contributed by atoms with Crippen LogP contribution in [0.4, 0.5) is 0 Å². The van der Waals surface area contributed by atoms with E-state index in [-0.39, 0.29) is 0 Å². The van der Waals surface area contributed by atoms with Gasteiger partial charge >= 0.3 is 0 Å². The van der Waals surface area contributed by atoms with Crippen LogP contribution in [0.3, 0.4) is 0 Å². The van der Waals surface area contributed by atoms with Crippen LogP contribution in [0.2, 0.25) is 0 Å². The van der Waals surface area contributed by atoms with Crippen molar-refractivity contribution in [2.24, 2.45) is 0 Å². The van der Waals surface area contributed by atoms with Crippen LogP contribution in [0.1, 0.15) is 36.8 Å². The zero-order chi connectivity index (χ0) is 8.55. The van der Waals surface area contributed by atoms with Gasteiger partial charge in [-0.2, -0.15) is 0 Å². The van der Waals surface area contributed by atoms with Gasteiger partial charge in [0, 0.05) is 4.47 Å². The van der Waals surface area contributed by atoms with E-state index in [2.05, 4.69) is 41.1 Å². The van der Waals surface area contributed by atoms with E-state index in [9.17, 15) is 0 Å². The van der Waals surface area contributed by atoms with Gasteiger partial charge in [-0.25, -0.2) is 0 Å². The lowest BCUT2D eigenvalue weighted by molar-refractivity contribution is 0.588. The Morgan fingerprint density at radius 1 is 1.42 bits per heavy atom. The fraction of sp³-hybridized carbons (Fsp3) is 0.455. The number of hydrogen-bond acceptors (Lipinski definition) is 0. The van der Waals surface area contributed by atoms with Gasteiger partial charge < -0.3 is 0 Å². The Hall–Kier alpha value is -0.300. The van der Waals surface area contributed by atoms with E-state index < -0.39 is 0 Å². The average molecular weight is 225 g/mol. The van der Waals surface area contributed by atoms with Gasteiger partial charge in [-0.3, -0.25) is 0 Å². The lowest BCUT2D eigenvalue weighted by Crippen LogP contribution is -2.07. The molecule has 0 fully saturated rings. The molecule has 12 heavy (non-hydrogen) atoms. The molecule has 2 rings (SSSR count). The standard InChI is InChI=1S/C11H13Br/c1-8-4-2-6-10-9(8)5-3-7-11(10)12/h3,5,7-8H,2,4,6H2,1H3/t8-/m1/s1. The van der Waals surface area contributed by atoms with Crippen LogP contribution in [-0.4, -0.2) is 0 Å². The second-order valence-corrected chi connectivity index (χ2v) is 4.46. The maximum Gasteiger partial charge on any atom is 0.0210 e. The van der Waals surface area contributed by atoms with Crippen LogP contribution in [-0.2, 0) is 6.42 Å². The Bertz CT molecular complexity index is 291. The largest absolute Gasteiger partial charge is 0.0608 e. The molecule has 0 radical (unpaired) electrons. The molecule has 64 valence electrons. The van der Waals surface area contributed by atoms with E-state index in [1.165, 1.54) is 29.3 Å². The molecule has 0 amide bonds. The first kappa shape index (κ1) is 8.31. The molecule has 0 bridgehead atoms. The van der Waals surface area contributed by atoms with Crippen LogP contribution in [0.25, 0.3) is 0 Å². The fourth-order valence-corrected chi connectivity index (χ4v) is 2.62. The molecule has 0 saturated carbocycles. The number of rotatable bonds is 0. The number of benzene rings is 1. The summed E-state index contributed by atoms with van der Waals surface area (Å²) in [5, 5.41) is 0. The zero-order valence-corrected chi connectivity index (χ0v) is 8.89. The average Bonchev–Trinajstić information content (AvgIpc) is 2.07. The minimum absolute atomic E-state index is 0.756. The fourth-order valence-electron chi connectivity index (χ4n) is 2.04. The maximum absolute atomic E-state index is 3.61. The van der Waals surface area contributed by atoms with Crippen molar-refractivity contribution in [3.05, 3.63) is 33.8 Å². The number of hydrogen-bond donors (Lipinski definition) is 0. The van der Waals surface area contributed by atoms with Gasteiger partial charge in [0.15, 0.2) is 0 Å². The third kappa shape index (κ3) is 1.31. The molecule has 0 saturated heterocycles. The second-order valence-electron chi connectivity index (χ2n) is 3.60. The highest BCUT2D eigenvalue weighted by Gasteiger charge is 2.17. The summed E-state index contributed by atoms with van der Waals surface area (Å²) in [4.78, 5) is 0.